The zero-order chi connectivity index (χ0) is 46.2. The van der Waals surface area contributed by atoms with Gasteiger partial charge in [-0.05, 0) is 67.5 Å². The van der Waals surface area contributed by atoms with E-state index in [9.17, 15) is 88.2 Å². The van der Waals surface area contributed by atoms with E-state index in [1.165, 1.54) is 57.2 Å². The zero-order valence-corrected chi connectivity index (χ0v) is 29.7. The lowest BCUT2D eigenvalue weighted by molar-refractivity contribution is -0.477. The van der Waals surface area contributed by atoms with E-state index in [2.05, 4.69) is 0 Å². The number of hydrogen-bond donors (Lipinski definition) is 0. The molecule has 0 atom stereocenters. The second-order valence-corrected chi connectivity index (χ2v) is 15.3. The van der Waals surface area contributed by atoms with Crippen LogP contribution in [0.2, 0.25) is 0 Å². The Kier molecular flexibility index (Phi) is 12.1. The Labute approximate surface area is 316 Å². The van der Waals surface area contributed by atoms with Crippen molar-refractivity contribution in [3.8, 4) is 0 Å². The molecule has 3 aromatic rings. The van der Waals surface area contributed by atoms with E-state index < -0.39 is 96.4 Å². The van der Waals surface area contributed by atoms with Gasteiger partial charge >= 0.3 is 71.4 Å². The van der Waals surface area contributed by atoms with Crippen LogP contribution in [0.3, 0.4) is 0 Å². The fourth-order valence-corrected chi connectivity index (χ4v) is 7.79. The van der Waals surface area contributed by atoms with E-state index in [0.29, 0.717) is 16.7 Å². The summed E-state index contributed by atoms with van der Waals surface area (Å²) in [6, 6.07) is 13.0. The van der Waals surface area contributed by atoms with Gasteiger partial charge in [0.1, 0.15) is 0 Å². The van der Waals surface area contributed by atoms with Crippen LogP contribution in [-0.4, -0.2) is 71.4 Å². The Morgan fingerprint density at radius 1 is 0.356 bits per heavy atom. The fraction of sp³-hybridized carbons (Fsp3) is 0.424. The first-order chi connectivity index (χ1) is 26.1. The molecule has 0 unspecified atom stereocenters. The van der Waals surface area contributed by atoms with Crippen LogP contribution in [0, 0.1) is 20.8 Å². The molecule has 0 spiro atoms. The number of rotatable bonds is 14. The summed E-state index contributed by atoms with van der Waals surface area (Å²) in [5.74, 6) is -94.5. The van der Waals surface area contributed by atoms with E-state index >= 15 is 17.6 Å². The summed E-state index contributed by atoms with van der Waals surface area (Å²) in [5, 5.41) is 0. The van der Waals surface area contributed by atoms with Gasteiger partial charge in [0.2, 0.25) is 0 Å². The minimum atomic E-state index is -9.56. The highest BCUT2D eigenvalue weighted by molar-refractivity contribution is 8.30. The molecule has 0 aromatic heterocycles. The third-order valence-electron chi connectivity index (χ3n) is 8.42. The summed E-state index contributed by atoms with van der Waals surface area (Å²) < 4.78 is 328. The quantitative estimate of drug-likeness (QED) is 0.151. The van der Waals surface area contributed by atoms with Crippen molar-refractivity contribution in [2.24, 2.45) is 0 Å². The molecular formula is C33H21F23O2S. The van der Waals surface area contributed by atoms with Crippen molar-refractivity contribution in [3.63, 3.8) is 0 Å². The molecule has 0 aliphatic heterocycles. The number of hydrogen-bond acceptors (Lipinski definition) is 2. The Bertz CT molecular complexity index is 1880. The number of halogens is 23. The predicted molar refractivity (Wildman–Crippen MR) is 158 cm³/mol. The Hall–Kier alpha value is -4.13. The van der Waals surface area contributed by atoms with E-state index in [1.807, 2.05) is 0 Å². The molecule has 332 valence electrons. The van der Waals surface area contributed by atoms with Crippen molar-refractivity contribution in [2.45, 2.75) is 101 Å². The van der Waals surface area contributed by atoms with Gasteiger partial charge in [-0.3, -0.25) is 0 Å². The second-order valence-electron chi connectivity index (χ2n) is 12.6. The van der Waals surface area contributed by atoms with Crippen LogP contribution >= 0.6 is 10.3 Å². The maximum atomic E-state index is 15.4. The van der Waals surface area contributed by atoms with Crippen molar-refractivity contribution in [3.05, 3.63) is 89.5 Å². The maximum Gasteiger partial charge on any atom is 0.460 e. The fourth-order valence-electron chi connectivity index (χ4n) is 4.79. The lowest BCUT2D eigenvalue weighted by atomic mass is 9.85. The van der Waals surface area contributed by atoms with Crippen LogP contribution in [-0.2, 0) is 8.98 Å². The minimum absolute atomic E-state index is 0.360. The van der Waals surface area contributed by atoms with Gasteiger partial charge < -0.3 is 4.18 Å². The highest BCUT2D eigenvalue weighted by Gasteiger charge is 2.99. The van der Waals surface area contributed by atoms with Crippen LogP contribution in [0.15, 0.2) is 87.5 Å². The Morgan fingerprint density at radius 2 is 0.559 bits per heavy atom. The van der Waals surface area contributed by atoms with Crippen LogP contribution in [0.1, 0.15) is 16.7 Å². The number of carbonyl (C=O) groups is 1. The molecule has 59 heavy (non-hydrogen) atoms. The molecule has 0 heterocycles. The third kappa shape index (κ3) is 6.91. The molecule has 0 bridgehead atoms. The topological polar surface area (TPSA) is 26.3 Å². The van der Waals surface area contributed by atoms with Gasteiger partial charge in [0.15, 0.2) is 0 Å². The average molecular weight is 919 g/mol. The van der Waals surface area contributed by atoms with E-state index in [4.69, 9.17) is 4.18 Å². The van der Waals surface area contributed by atoms with E-state index in [0.717, 1.165) is 36.4 Å². The van der Waals surface area contributed by atoms with Gasteiger partial charge in [-0.2, -0.15) is 101 Å². The smallest absolute Gasteiger partial charge is 0.397 e. The van der Waals surface area contributed by atoms with Gasteiger partial charge in [0.05, 0.1) is 0 Å². The van der Waals surface area contributed by atoms with Crippen LogP contribution in [0.5, 0.6) is 0 Å². The molecule has 26 heteroatoms. The summed E-state index contributed by atoms with van der Waals surface area (Å²) in [7, 11) is -4.39. The first-order valence-electron chi connectivity index (χ1n) is 15.2. The Morgan fingerprint density at radius 3 is 0.780 bits per heavy atom. The third-order valence-corrected chi connectivity index (χ3v) is 11.6. The molecule has 2 nitrogen and oxygen atoms in total. The molecule has 3 rings (SSSR count). The van der Waals surface area contributed by atoms with Crippen molar-refractivity contribution >= 4 is 16.3 Å². The lowest BCUT2D eigenvalue weighted by Gasteiger charge is -2.45. The predicted octanol–water partition coefficient (Wildman–Crippen LogP) is 13.3. The summed E-state index contributed by atoms with van der Waals surface area (Å²) in [5.41, 5.74) is 1.08. The van der Waals surface area contributed by atoms with E-state index in [-0.39, 0.29) is 0 Å². The Balaban J connectivity index is 2.27. The molecule has 0 N–H and O–H groups in total. The number of benzene rings is 3. The molecule has 0 saturated heterocycles. The molecule has 3 aromatic carbocycles. The zero-order valence-electron chi connectivity index (χ0n) is 28.8. The molecule has 0 saturated carbocycles. The monoisotopic (exact) mass is 918 g/mol. The normalized spacial score (nSPS) is 15.3. The highest BCUT2D eigenvalue weighted by atomic mass is 32.3. The number of aryl methyl sites for hydroxylation is 3. The molecule has 0 radical (unpaired) electrons. The lowest BCUT2D eigenvalue weighted by Crippen LogP contribution is -2.78. The van der Waals surface area contributed by atoms with Crippen molar-refractivity contribution in [1.29, 1.82) is 0 Å². The first-order valence-corrected chi connectivity index (χ1v) is 16.8. The molecular weight excluding hydrogens is 897 g/mol. The summed E-state index contributed by atoms with van der Waals surface area (Å²) in [6.07, 6.45) is -8.16. The molecule has 0 fully saturated rings. The van der Waals surface area contributed by atoms with Crippen LogP contribution in [0.25, 0.3) is 0 Å². The number of carbonyl (C=O) groups excluding carboxylic acids is 1. The second kappa shape index (κ2) is 14.5. The SMILES string of the molecule is Cc1ccc(S(OC(=O)C(F)(F)C(F)(F)C(F)(F)C(F)(F)C(F)(F)C(F)(F)C(F)(F)C(F)(F)C(F)(F)C(F)(F)C(F)(F)F)(c2ccc(C)cc2)c2ccc(C)cc2)cc1. The van der Waals surface area contributed by atoms with Gasteiger partial charge in [0, 0.05) is 14.7 Å². The van der Waals surface area contributed by atoms with E-state index in [1.54, 1.807) is 0 Å². The van der Waals surface area contributed by atoms with Gasteiger partial charge in [-0.25, -0.2) is 4.79 Å². The molecule has 0 aliphatic rings. The van der Waals surface area contributed by atoms with Gasteiger partial charge in [-0.1, -0.05) is 53.1 Å². The largest absolute Gasteiger partial charge is 0.460 e. The summed E-state index contributed by atoms with van der Waals surface area (Å²) >= 11 is 0. The minimum Gasteiger partial charge on any atom is -0.397 e. The molecule has 0 amide bonds. The van der Waals surface area contributed by atoms with Gasteiger partial charge in [-0.15, -0.1) is 0 Å². The van der Waals surface area contributed by atoms with Crippen LogP contribution < -0.4 is 0 Å². The number of alkyl halides is 23. The van der Waals surface area contributed by atoms with Gasteiger partial charge in [0.25, 0.3) is 0 Å². The average Bonchev–Trinajstić information content (AvgIpc) is 3.10. The first kappa shape index (κ1) is 49.2. The maximum absolute atomic E-state index is 15.4. The van der Waals surface area contributed by atoms with Crippen LogP contribution in [0.4, 0.5) is 101 Å². The van der Waals surface area contributed by atoms with Crippen molar-refractivity contribution in [1.82, 2.24) is 0 Å². The molecule has 0 aliphatic carbocycles. The summed E-state index contributed by atoms with van der Waals surface area (Å²) in [4.78, 5) is 11.7. The van der Waals surface area contributed by atoms with Crippen molar-refractivity contribution in [2.75, 3.05) is 0 Å². The van der Waals surface area contributed by atoms with Crippen molar-refractivity contribution < 1.29 is 110 Å². The summed E-state index contributed by atoms with van der Waals surface area (Å²) in [6.45, 7) is 4.25. The standard InChI is InChI=1S/C33H21F23O2S/c1-16-4-10-19(11-5-16)59(20-12-6-17(2)7-13-20,21-14-8-18(3)9-15-21)58-22(57)23(34,35)24(36,37)25(38,39)26(40,41)27(42,43)28(44,45)29(46,47)30(48,49)31(50,51)32(52,53)33(54,55)56/h4-15H,1-3H3. The highest BCUT2D eigenvalue weighted by Crippen LogP contribution is 2.71.